The van der Waals surface area contributed by atoms with E-state index in [1.54, 1.807) is 0 Å². The molecule has 2 fully saturated rings. The molecule has 0 aromatic heterocycles. The zero-order valence-corrected chi connectivity index (χ0v) is 14.5. The van der Waals surface area contributed by atoms with Crippen LogP contribution in [0.15, 0.2) is 54.6 Å². The van der Waals surface area contributed by atoms with Crippen LogP contribution in [0.2, 0.25) is 0 Å². The normalized spacial score (nSPS) is 21.0. The average Bonchev–Trinajstić information content (AvgIpc) is 3.04. The van der Waals surface area contributed by atoms with Crippen molar-refractivity contribution in [3.8, 4) is 0 Å². The van der Waals surface area contributed by atoms with Crippen LogP contribution in [0.3, 0.4) is 0 Å². The van der Waals surface area contributed by atoms with Crippen LogP contribution in [0.25, 0.3) is 0 Å². The largest absolute Gasteiger partial charge is 0.369 e. The van der Waals surface area contributed by atoms with Crippen LogP contribution in [-0.2, 0) is 11.2 Å². The first-order valence-electron chi connectivity index (χ1n) is 9.23. The summed E-state index contributed by atoms with van der Waals surface area (Å²) in [4.78, 5) is 17.3. The van der Waals surface area contributed by atoms with E-state index < -0.39 is 0 Å². The van der Waals surface area contributed by atoms with E-state index in [1.165, 1.54) is 11.3 Å². The van der Waals surface area contributed by atoms with Crippen LogP contribution < -0.4 is 15.1 Å². The molecule has 2 aromatic carbocycles. The van der Waals surface area contributed by atoms with Gasteiger partial charge >= 0.3 is 0 Å². The van der Waals surface area contributed by atoms with Gasteiger partial charge in [0.2, 0.25) is 5.91 Å². The van der Waals surface area contributed by atoms with Crippen LogP contribution in [-0.4, -0.2) is 38.6 Å². The molecular formula is C21H25N3O. The van der Waals surface area contributed by atoms with Gasteiger partial charge < -0.3 is 15.1 Å². The highest BCUT2D eigenvalue weighted by Crippen LogP contribution is 2.30. The van der Waals surface area contributed by atoms with Gasteiger partial charge in [0, 0.05) is 50.0 Å². The van der Waals surface area contributed by atoms with E-state index >= 15 is 0 Å². The molecule has 2 heterocycles. The summed E-state index contributed by atoms with van der Waals surface area (Å²) in [6.07, 6.45) is 1.77. The highest BCUT2D eigenvalue weighted by molar-refractivity contribution is 5.97. The molecule has 0 bridgehead atoms. The van der Waals surface area contributed by atoms with Gasteiger partial charge in [-0.15, -0.1) is 0 Å². The van der Waals surface area contributed by atoms with Gasteiger partial charge in [0.1, 0.15) is 0 Å². The summed E-state index contributed by atoms with van der Waals surface area (Å²) in [6, 6.07) is 18.6. The van der Waals surface area contributed by atoms with E-state index in [1.807, 2.05) is 35.2 Å². The molecule has 0 saturated carbocycles. The van der Waals surface area contributed by atoms with Gasteiger partial charge in [-0.25, -0.2) is 0 Å². The Kier molecular flexibility index (Phi) is 4.70. The number of carbonyl (C=O) groups excluding carboxylic acids is 1. The molecule has 2 aliphatic heterocycles. The molecule has 0 radical (unpaired) electrons. The Labute approximate surface area is 149 Å². The predicted molar refractivity (Wildman–Crippen MR) is 102 cm³/mol. The summed E-state index contributed by atoms with van der Waals surface area (Å²) in [6.45, 7) is 4.94. The fourth-order valence-corrected chi connectivity index (χ4v) is 3.96. The van der Waals surface area contributed by atoms with Gasteiger partial charge in [0.15, 0.2) is 0 Å². The van der Waals surface area contributed by atoms with Crippen LogP contribution >= 0.6 is 0 Å². The fourth-order valence-electron chi connectivity index (χ4n) is 3.96. The third kappa shape index (κ3) is 3.40. The number of benzene rings is 2. The summed E-state index contributed by atoms with van der Waals surface area (Å²) >= 11 is 0. The molecule has 25 heavy (non-hydrogen) atoms. The Morgan fingerprint density at radius 3 is 2.44 bits per heavy atom. The van der Waals surface area contributed by atoms with Gasteiger partial charge in [-0.3, -0.25) is 4.79 Å². The Morgan fingerprint density at radius 2 is 1.64 bits per heavy atom. The van der Waals surface area contributed by atoms with E-state index in [0.29, 0.717) is 0 Å². The number of nitrogens with zero attached hydrogens (tertiary/aromatic N) is 2. The Morgan fingerprint density at radius 1 is 0.920 bits per heavy atom. The van der Waals surface area contributed by atoms with Crippen molar-refractivity contribution in [3.05, 3.63) is 60.2 Å². The molecule has 1 N–H and O–H groups in total. The number of carbonyl (C=O) groups is 1. The molecule has 0 spiro atoms. The molecule has 4 nitrogen and oxygen atoms in total. The number of hydrogen-bond acceptors (Lipinski definition) is 3. The first kappa shape index (κ1) is 16.2. The number of nitrogens with one attached hydrogen (secondary N) is 1. The number of anilines is 2. The second-order valence-electron chi connectivity index (χ2n) is 6.88. The van der Waals surface area contributed by atoms with Crippen LogP contribution in [0.5, 0.6) is 0 Å². The standard InChI is InChI=1S/C21H25N3O/c25-21-18(10-13-24(21)19-7-2-1-3-8-19)16-17-6-4-5-9-20(17)23-14-11-22-12-15-23/h1-9,18,22H,10-16H2/t18-/m0/s1. The maximum Gasteiger partial charge on any atom is 0.230 e. The first-order chi connectivity index (χ1) is 12.3. The molecule has 130 valence electrons. The van der Waals surface area contributed by atoms with Crippen LogP contribution in [0, 0.1) is 5.92 Å². The van der Waals surface area contributed by atoms with Crippen molar-refractivity contribution in [2.45, 2.75) is 12.8 Å². The minimum Gasteiger partial charge on any atom is -0.369 e. The fraction of sp³-hybridized carbons (Fsp3) is 0.381. The van der Waals surface area contributed by atoms with Gasteiger partial charge in [0.05, 0.1) is 0 Å². The summed E-state index contributed by atoms with van der Waals surface area (Å²) in [5.74, 6) is 0.352. The lowest BCUT2D eigenvalue weighted by atomic mass is 9.96. The van der Waals surface area contributed by atoms with Crippen molar-refractivity contribution in [2.75, 3.05) is 42.5 Å². The lowest BCUT2D eigenvalue weighted by Gasteiger charge is -2.31. The SMILES string of the molecule is O=C1[C@H](Cc2ccccc2N2CCNCC2)CCN1c1ccccc1. The number of piperazine rings is 1. The van der Waals surface area contributed by atoms with E-state index in [-0.39, 0.29) is 11.8 Å². The molecule has 2 aliphatic rings. The van der Waals surface area contributed by atoms with E-state index in [9.17, 15) is 4.79 Å². The van der Waals surface area contributed by atoms with Crippen LogP contribution in [0.1, 0.15) is 12.0 Å². The highest BCUT2D eigenvalue weighted by Gasteiger charge is 2.33. The van der Waals surface area contributed by atoms with E-state index in [2.05, 4.69) is 34.5 Å². The molecule has 1 amide bonds. The number of hydrogen-bond donors (Lipinski definition) is 1. The van der Waals surface area contributed by atoms with Crippen molar-refractivity contribution in [1.29, 1.82) is 0 Å². The molecule has 0 aliphatic carbocycles. The van der Waals surface area contributed by atoms with Crippen LogP contribution in [0.4, 0.5) is 11.4 Å². The molecule has 1 atom stereocenters. The van der Waals surface area contributed by atoms with Crippen molar-refractivity contribution < 1.29 is 4.79 Å². The second kappa shape index (κ2) is 7.28. The van der Waals surface area contributed by atoms with E-state index in [4.69, 9.17) is 0 Å². The topological polar surface area (TPSA) is 35.6 Å². The molecular weight excluding hydrogens is 310 g/mol. The van der Waals surface area contributed by atoms with Crippen molar-refractivity contribution in [2.24, 2.45) is 5.92 Å². The van der Waals surface area contributed by atoms with Gasteiger partial charge in [0.25, 0.3) is 0 Å². The molecule has 4 heteroatoms. The summed E-state index contributed by atoms with van der Waals surface area (Å²) in [5, 5.41) is 3.41. The third-order valence-corrected chi connectivity index (χ3v) is 5.30. The average molecular weight is 335 g/mol. The maximum atomic E-state index is 12.9. The Hall–Kier alpha value is -2.33. The maximum absolute atomic E-state index is 12.9. The lowest BCUT2D eigenvalue weighted by molar-refractivity contribution is -0.120. The zero-order valence-electron chi connectivity index (χ0n) is 14.5. The molecule has 2 saturated heterocycles. The minimum absolute atomic E-state index is 0.0873. The van der Waals surface area contributed by atoms with E-state index in [0.717, 1.165) is 51.3 Å². The summed E-state index contributed by atoms with van der Waals surface area (Å²) < 4.78 is 0. The van der Waals surface area contributed by atoms with Crippen molar-refractivity contribution in [3.63, 3.8) is 0 Å². The van der Waals surface area contributed by atoms with Gasteiger partial charge in [-0.2, -0.15) is 0 Å². The summed E-state index contributed by atoms with van der Waals surface area (Å²) in [5.41, 5.74) is 3.62. The summed E-state index contributed by atoms with van der Waals surface area (Å²) in [7, 11) is 0. The third-order valence-electron chi connectivity index (χ3n) is 5.30. The Bertz CT molecular complexity index is 725. The molecule has 4 rings (SSSR count). The van der Waals surface area contributed by atoms with Gasteiger partial charge in [-0.05, 0) is 36.6 Å². The second-order valence-corrected chi connectivity index (χ2v) is 6.88. The molecule has 2 aromatic rings. The van der Waals surface area contributed by atoms with Crippen molar-refractivity contribution in [1.82, 2.24) is 5.32 Å². The quantitative estimate of drug-likeness (QED) is 0.933. The smallest absolute Gasteiger partial charge is 0.230 e. The van der Waals surface area contributed by atoms with Gasteiger partial charge in [-0.1, -0.05) is 36.4 Å². The Balaban J connectivity index is 1.50. The highest BCUT2D eigenvalue weighted by atomic mass is 16.2. The number of amides is 1. The molecule has 0 unspecified atom stereocenters. The minimum atomic E-state index is 0.0873. The number of rotatable bonds is 4. The number of para-hydroxylation sites is 2. The van der Waals surface area contributed by atoms with Crippen molar-refractivity contribution >= 4 is 17.3 Å². The predicted octanol–water partition coefficient (Wildman–Crippen LogP) is 2.69. The zero-order chi connectivity index (χ0) is 17.1. The lowest BCUT2D eigenvalue weighted by Crippen LogP contribution is -2.44. The first-order valence-corrected chi connectivity index (χ1v) is 9.23. The monoisotopic (exact) mass is 335 g/mol.